The molecule has 0 spiro atoms. The van der Waals surface area contributed by atoms with Crippen LogP contribution in [0.1, 0.15) is 0 Å². The maximum atomic E-state index is 5.46. The fraction of sp³-hybridized carbons (Fsp3) is 0.222. The summed E-state index contributed by atoms with van der Waals surface area (Å²) in [6.07, 6.45) is 3.76. The molecule has 0 bridgehead atoms. The lowest BCUT2D eigenvalue weighted by Gasteiger charge is -2.30. The predicted molar refractivity (Wildman–Crippen MR) is 93.8 cm³/mol. The maximum Gasteiger partial charge on any atom is 0.124 e. The van der Waals surface area contributed by atoms with Crippen LogP contribution in [0.15, 0.2) is 54.2 Å². The number of hydrogen-bond acceptors (Lipinski definition) is 5. The number of anilines is 1. The van der Waals surface area contributed by atoms with E-state index >= 15 is 0 Å². The summed E-state index contributed by atoms with van der Waals surface area (Å²) >= 11 is 1.67. The molecule has 1 saturated heterocycles. The number of aromatic nitrogens is 2. The normalized spacial score (nSPS) is 14.9. The van der Waals surface area contributed by atoms with Gasteiger partial charge in [0.15, 0.2) is 0 Å². The lowest BCUT2D eigenvalue weighted by molar-refractivity contribution is 0.122. The minimum atomic E-state index is 0.772. The van der Waals surface area contributed by atoms with E-state index in [0.717, 1.165) is 48.1 Å². The summed E-state index contributed by atoms with van der Waals surface area (Å²) < 4.78 is 5.46. The van der Waals surface area contributed by atoms with Crippen molar-refractivity contribution in [2.24, 2.45) is 0 Å². The second-order valence-electron chi connectivity index (χ2n) is 5.40. The molecule has 0 saturated carbocycles. The van der Waals surface area contributed by atoms with Crippen molar-refractivity contribution in [1.82, 2.24) is 9.97 Å². The Balaban J connectivity index is 1.70. The maximum absolute atomic E-state index is 5.46. The minimum absolute atomic E-state index is 0.772. The van der Waals surface area contributed by atoms with Gasteiger partial charge in [-0.25, -0.2) is 4.98 Å². The summed E-state index contributed by atoms with van der Waals surface area (Å²) in [5, 5.41) is 3.15. The van der Waals surface area contributed by atoms with Gasteiger partial charge in [-0.15, -0.1) is 11.3 Å². The molecule has 0 N–H and O–H groups in total. The van der Waals surface area contributed by atoms with Crippen molar-refractivity contribution in [2.45, 2.75) is 0 Å². The van der Waals surface area contributed by atoms with Crippen LogP contribution in [0.4, 0.5) is 5.69 Å². The van der Waals surface area contributed by atoms with Crippen molar-refractivity contribution in [3.63, 3.8) is 0 Å². The first-order valence-corrected chi connectivity index (χ1v) is 8.58. The number of thiazole rings is 1. The van der Waals surface area contributed by atoms with Gasteiger partial charge in [-0.1, -0.05) is 30.3 Å². The van der Waals surface area contributed by atoms with Crippen LogP contribution in [0, 0.1) is 0 Å². The number of pyridine rings is 1. The van der Waals surface area contributed by atoms with Gasteiger partial charge in [-0.2, -0.15) is 0 Å². The molecule has 2 aromatic heterocycles. The molecular formula is C18H17N3OS. The molecule has 1 aliphatic heterocycles. The first-order chi connectivity index (χ1) is 11.4. The van der Waals surface area contributed by atoms with Gasteiger partial charge in [-0.3, -0.25) is 4.98 Å². The van der Waals surface area contributed by atoms with Gasteiger partial charge in [0.25, 0.3) is 0 Å². The molecule has 1 fully saturated rings. The highest BCUT2D eigenvalue weighted by Crippen LogP contribution is 2.34. The highest BCUT2D eigenvalue weighted by Gasteiger charge is 2.17. The lowest BCUT2D eigenvalue weighted by atomic mass is 10.1. The smallest absolute Gasteiger partial charge is 0.124 e. The topological polar surface area (TPSA) is 38.2 Å². The minimum Gasteiger partial charge on any atom is -0.378 e. The monoisotopic (exact) mass is 323 g/mol. The Hall–Kier alpha value is -2.24. The van der Waals surface area contributed by atoms with Crippen LogP contribution in [-0.2, 0) is 4.74 Å². The molecule has 1 aliphatic rings. The van der Waals surface area contributed by atoms with E-state index < -0.39 is 0 Å². The summed E-state index contributed by atoms with van der Waals surface area (Å²) in [6.45, 7) is 3.36. The Morgan fingerprint density at radius 3 is 2.70 bits per heavy atom. The number of hydrogen-bond donors (Lipinski definition) is 0. The van der Waals surface area contributed by atoms with Crippen molar-refractivity contribution in [2.75, 3.05) is 31.2 Å². The summed E-state index contributed by atoms with van der Waals surface area (Å²) in [7, 11) is 0. The second-order valence-corrected chi connectivity index (χ2v) is 6.25. The molecule has 4 rings (SSSR count). The van der Waals surface area contributed by atoms with Gasteiger partial charge in [0.2, 0.25) is 0 Å². The van der Waals surface area contributed by atoms with E-state index in [-0.39, 0.29) is 0 Å². The Kier molecular flexibility index (Phi) is 4.05. The molecule has 5 heteroatoms. The van der Waals surface area contributed by atoms with Crippen molar-refractivity contribution >= 4 is 17.0 Å². The van der Waals surface area contributed by atoms with Crippen LogP contribution in [0.3, 0.4) is 0 Å². The van der Waals surface area contributed by atoms with Crippen molar-refractivity contribution < 1.29 is 4.74 Å². The summed E-state index contributed by atoms with van der Waals surface area (Å²) in [5.41, 5.74) is 4.42. The molecule has 0 amide bonds. The number of nitrogens with zero attached hydrogens (tertiary/aromatic N) is 3. The molecule has 23 heavy (non-hydrogen) atoms. The lowest BCUT2D eigenvalue weighted by Crippen LogP contribution is -2.36. The van der Waals surface area contributed by atoms with Crippen LogP contribution in [0.5, 0.6) is 0 Å². The fourth-order valence-corrected chi connectivity index (χ4v) is 3.60. The summed E-state index contributed by atoms with van der Waals surface area (Å²) in [6, 6.07) is 12.4. The molecule has 116 valence electrons. The highest BCUT2D eigenvalue weighted by atomic mass is 32.1. The average Bonchev–Trinajstić information content (AvgIpc) is 3.13. The van der Waals surface area contributed by atoms with E-state index in [1.54, 1.807) is 11.3 Å². The Labute approximate surface area is 139 Å². The standard InChI is InChI=1S/C18H17N3OS/c1-2-4-14(5-3-1)18-20-16(13-23-18)15-12-19-7-6-17(15)21-8-10-22-11-9-21/h1-7,12-13H,8-11H2. The van der Waals surface area contributed by atoms with Crippen LogP contribution < -0.4 is 4.90 Å². The first-order valence-electron chi connectivity index (χ1n) is 7.70. The zero-order chi connectivity index (χ0) is 15.5. The van der Waals surface area contributed by atoms with Crippen LogP contribution in [0.2, 0.25) is 0 Å². The SMILES string of the molecule is c1ccc(-c2nc(-c3cnccc3N3CCOCC3)cs2)cc1. The molecular weight excluding hydrogens is 306 g/mol. The van der Waals surface area contributed by atoms with E-state index in [2.05, 4.69) is 33.5 Å². The number of ether oxygens (including phenoxy) is 1. The quantitative estimate of drug-likeness (QED) is 0.736. The third kappa shape index (κ3) is 2.98. The third-order valence-corrected chi connectivity index (χ3v) is 4.84. The number of rotatable bonds is 3. The van der Waals surface area contributed by atoms with Crippen molar-refractivity contribution in [1.29, 1.82) is 0 Å². The number of morpholine rings is 1. The number of benzene rings is 1. The first kappa shape index (κ1) is 14.4. The molecule has 0 atom stereocenters. The van der Waals surface area contributed by atoms with Gasteiger partial charge in [0.1, 0.15) is 5.01 Å². The van der Waals surface area contributed by atoms with Gasteiger partial charge >= 0.3 is 0 Å². The Morgan fingerprint density at radius 2 is 1.87 bits per heavy atom. The van der Waals surface area contributed by atoms with Crippen molar-refractivity contribution in [3.05, 3.63) is 54.2 Å². The van der Waals surface area contributed by atoms with Crippen LogP contribution in [-0.4, -0.2) is 36.3 Å². The summed E-state index contributed by atoms with van der Waals surface area (Å²) in [4.78, 5) is 11.5. The zero-order valence-electron chi connectivity index (χ0n) is 12.7. The molecule has 0 radical (unpaired) electrons. The van der Waals surface area contributed by atoms with E-state index in [9.17, 15) is 0 Å². The van der Waals surface area contributed by atoms with E-state index in [1.807, 2.05) is 30.6 Å². The highest BCUT2D eigenvalue weighted by molar-refractivity contribution is 7.13. The Morgan fingerprint density at radius 1 is 1.04 bits per heavy atom. The largest absolute Gasteiger partial charge is 0.378 e. The molecule has 0 aliphatic carbocycles. The fourth-order valence-electron chi connectivity index (χ4n) is 2.78. The van der Waals surface area contributed by atoms with Gasteiger partial charge < -0.3 is 9.64 Å². The van der Waals surface area contributed by atoms with Gasteiger partial charge in [0, 0.05) is 47.7 Å². The van der Waals surface area contributed by atoms with E-state index in [1.165, 1.54) is 5.69 Å². The molecule has 3 heterocycles. The van der Waals surface area contributed by atoms with Crippen LogP contribution >= 0.6 is 11.3 Å². The van der Waals surface area contributed by atoms with E-state index in [4.69, 9.17) is 9.72 Å². The molecule has 4 nitrogen and oxygen atoms in total. The zero-order valence-corrected chi connectivity index (χ0v) is 13.5. The molecule has 1 aromatic carbocycles. The van der Waals surface area contributed by atoms with Gasteiger partial charge in [-0.05, 0) is 6.07 Å². The predicted octanol–water partition coefficient (Wildman–Crippen LogP) is 3.71. The third-order valence-electron chi connectivity index (χ3n) is 3.95. The summed E-state index contributed by atoms with van der Waals surface area (Å²) in [5.74, 6) is 0. The van der Waals surface area contributed by atoms with Crippen LogP contribution in [0.25, 0.3) is 21.8 Å². The average molecular weight is 323 g/mol. The Bertz CT molecular complexity index is 782. The molecule has 3 aromatic rings. The molecule has 0 unspecified atom stereocenters. The van der Waals surface area contributed by atoms with Crippen molar-refractivity contribution in [3.8, 4) is 21.8 Å². The van der Waals surface area contributed by atoms with E-state index in [0.29, 0.717) is 0 Å². The van der Waals surface area contributed by atoms with Gasteiger partial charge in [0.05, 0.1) is 18.9 Å². The second kappa shape index (κ2) is 6.48.